The molecule has 82 heavy (non-hydrogen) atoms. The maximum Gasteiger partial charge on any atom is 0.330 e. The second-order valence-corrected chi connectivity index (χ2v) is 24.4. The van der Waals surface area contributed by atoms with Crippen LogP contribution in [-0.4, -0.2) is 51.6 Å². The van der Waals surface area contributed by atoms with Gasteiger partial charge >= 0.3 is 11.9 Å². The van der Waals surface area contributed by atoms with Gasteiger partial charge in [0.15, 0.2) is 0 Å². The number of ether oxygens (including phenoxy) is 6. The Kier molecular flexibility index (Phi) is 22.9. The number of esters is 2. The zero-order valence-corrected chi connectivity index (χ0v) is 49.1. The number of unbranched alkanes of at least 4 members (excludes halogenated alkanes) is 10. The number of benzene rings is 5. The lowest BCUT2D eigenvalue weighted by Gasteiger charge is -2.29. The van der Waals surface area contributed by atoms with E-state index in [1.165, 1.54) is 47.5 Å². The lowest BCUT2D eigenvalue weighted by Crippen LogP contribution is -2.20. The van der Waals surface area contributed by atoms with E-state index in [9.17, 15) is 18.4 Å². The smallest absolute Gasteiger partial charge is 0.330 e. The Morgan fingerprint density at radius 3 is 1.13 bits per heavy atom. The van der Waals surface area contributed by atoms with Crippen molar-refractivity contribution in [2.24, 2.45) is 11.8 Å². The van der Waals surface area contributed by atoms with Crippen LogP contribution in [0.3, 0.4) is 0 Å². The molecule has 2 aliphatic rings. The second kappa shape index (κ2) is 31.2. The van der Waals surface area contributed by atoms with Crippen LogP contribution in [0.15, 0.2) is 135 Å². The third-order valence-corrected chi connectivity index (χ3v) is 18.7. The van der Waals surface area contributed by atoms with Gasteiger partial charge in [-0.05, 0) is 184 Å². The maximum atomic E-state index is 14.3. The number of carbonyl (C=O) groups excluding carboxylic acids is 2. The zero-order valence-electron chi connectivity index (χ0n) is 47.5. The Morgan fingerprint density at radius 2 is 0.780 bits per heavy atom. The molecule has 2 fully saturated rings. The first kappa shape index (κ1) is 60.1. The van der Waals surface area contributed by atoms with Gasteiger partial charge in [-0.25, -0.2) is 18.4 Å². The van der Waals surface area contributed by atoms with Gasteiger partial charge in [0.2, 0.25) is 0 Å². The first-order valence-electron chi connectivity index (χ1n) is 30.1. The molecule has 12 heteroatoms. The normalized spacial score (nSPS) is 17.1. The summed E-state index contributed by atoms with van der Waals surface area (Å²) in [6, 6.07) is 35.3. The van der Waals surface area contributed by atoms with Crippen LogP contribution in [0.25, 0.3) is 41.1 Å². The number of hydrogen-bond donors (Lipinski definition) is 0. The van der Waals surface area contributed by atoms with Crippen molar-refractivity contribution in [1.82, 2.24) is 0 Å². The summed E-state index contributed by atoms with van der Waals surface area (Å²) in [5, 5.41) is 2.01. The van der Waals surface area contributed by atoms with E-state index in [-0.39, 0.29) is 23.6 Å². The van der Waals surface area contributed by atoms with Crippen molar-refractivity contribution in [1.29, 1.82) is 0 Å². The van der Waals surface area contributed by atoms with E-state index in [4.69, 9.17) is 28.4 Å². The molecule has 2 heterocycles. The maximum absolute atomic E-state index is 14.3. The molecule has 0 unspecified atom stereocenters. The number of hydrogen-bond acceptors (Lipinski definition) is 10. The molecular formula is C70H80F2O8S2. The van der Waals surface area contributed by atoms with Crippen molar-refractivity contribution in [2.75, 3.05) is 39.6 Å². The molecule has 0 bridgehead atoms. The van der Waals surface area contributed by atoms with E-state index in [1.54, 1.807) is 22.7 Å². The largest absolute Gasteiger partial charge is 0.494 e. The third-order valence-electron chi connectivity index (χ3n) is 16.4. The van der Waals surface area contributed by atoms with Crippen LogP contribution in [0.2, 0.25) is 0 Å². The lowest BCUT2D eigenvalue weighted by molar-refractivity contribution is -0.138. The van der Waals surface area contributed by atoms with E-state index in [1.807, 2.05) is 24.3 Å². The number of rotatable bonds is 32. The van der Waals surface area contributed by atoms with Crippen molar-refractivity contribution in [2.45, 2.75) is 140 Å². The van der Waals surface area contributed by atoms with Crippen molar-refractivity contribution in [3.63, 3.8) is 0 Å². The van der Waals surface area contributed by atoms with E-state index >= 15 is 0 Å². The standard InChI is InChI=1S/C70H80F2O8S2/c1-3-65(73)77-43-15-11-7-5-9-13-41-75-59-37-29-53(30-38-59)51-21-17-49(18-22-51)47-79-67-61-45-63(55-25-33-57(71)34-26-55)82-70(61)68(62-46-64(81-69(62)67)56-27-35-58(72)36-28-56)80-48-50-19-23-52(24-20-50)54-31-39-60(40-32-54)76-42-14-10-6-8-12-16-44-78-66(74)4-2/h3-4,25-40,45-46,49-52H,1-2,5-24,41-44,47-48H2. The minimum atomic E-state index is -0.354. The number of thiophene rings is 2. The highest BCUT2D eigenvalue weighted by molar-refractivity contribution is 7.24. The Labute approximate surface area is 491 Å². The monoisotopic (exact) mass is 1150 g/mol. The summed E-state index contributed by atoms with van der Waals surface area (Å²) in [5.74, 6) is 4.08. The summed E-state index contributed by atoms with van der Waals surface area (Å²) in [5.41, 5.74) is 4.62. The molecule has 7 aromatic rings. The van der Waals surface area contributed by atoms with Gasteiger partial charge in [-0.1, -0.05) is 113 Å². The molecule has 5 aromatic carbocycles. The predicted molar refractivity (Wildman–Crippen MR) is 330 cm³/mol. The topological polar surface area (TPSA) is 89.5 Å². The summed E-state index contributed by atoms with van der Waals surface area (Å²) >= 11 is 3.34. The molecule has 0 amide bonds. The Bertz CT molecular complexity index is 2850. The van der Waals surface area contributed by atoms with Gasteiger partial charge in [0, 0.05) is 32.7 Å². The molecule has 0 radical (unpaired) electrons. The van der Waals surface area contributed by atoms with Gasteiger partial charge < -0.3 is 28.4 Å². The Balaban J connectivity index is 0.806. The summed E-state index contributed by atoms with van der Waals surface area (Å²) in [4.78, 5) is 24.4. The molecule has 2 saturated carbocycles. The second-order valence-electron chi connectivity index (χ2n) is 22.3. The van der Waals surface area contributed by atoms with Crippen LogP contribution in [-0.2, 0) is 19.1 Å². The van der Waals surface area contributed by atoms with Gasteiger partial charge in [-0.3, -0.25) is 0 Å². The van der Waals surface area contributed by atoms with Gasteiger partial charge in [0.05, 0.1) is 49.0 Å². The molecule has 2 aliphatic carbocycles. The van der Waals surface area contributed by atoms with Crippen LogP contribution in [0.5, 0.6) is 23.0 Å². The zero-order chi connectivity index (χ0) is 56.9. The highest BCUT2D eigenvalue weighted by Crippen LogP contribution is 2.53. The average Bonchev–Trinajstić information content (AvgIpc) is 4.34. The minimum absolute atomic E-state index is 0.268. The minimum Gasteiger partial charge on any atom is -0.494 e. The molecule has 2 aromatic heterocycles. The van der Waals surface area contributed by atoms with Crippen molar-refractivity contribution in [3.05, 3.63) is 157 Å². The van der Waals surface area contributed by atoms with Gasteiger partial charge in [0.1, 0.15) is 34.6 Å². The molecule has 9 rings (SSSR count). The molecule has 0 aliphatic heterocycles. The summed E-state index contributed by atoms with van der Waals surface area (Å²) in [6.45, 7) is 10.4. The average molecular weight is 1150 g/mol. The fraction of sp³-hybridized carbons (Fsp3) is 0.429. The van der Waals surface area contributed by atoms with Crippen LogP contribution in [0.1, 0.15) is 151 Å². The van der Waals surface area contributed by atoms with Crippen molar-refractivity contribution in [3.8, 4) is 43.9 Å². The molecule has 0 N–H and O–H groups in total. The third kappa shape index (κ3) is 17.3. The number of fused-ring (bicyclic) bond motifs is 2. The van der Waals surface area contributed by atoms with E-state index < -0.39 is 0 Å². The van der Waals surface area contributed by atoms with E-state index in [2.05, 4.69) is 73.8 Å². The molecule has 0 atom stereocenters. The Hall–Kier alpha value is -6.50. The van der Waals surface area contributed by atoms with E-state index in [0.717, 1.165) is 192 Å². The van der Waals surface area contributed by atoms with Crippen LogP contribution in [0, 0.1) is 23.5 Å². The van der Waals surface area contributed by atoms with Gasteiger partial charge in [-0.15, -0.1) is 22.7 Å². The fourth-order valence-corrected chi connectivity index (χ4v) is 13.9. The molecule has 434 valence electrons. The SMILES string of the molecule is C=CC(=O)OCCCCCCCCOc1ccc(C2CCC(COc3c4cc(-c5ccc(F)cc5)sc4c(OCC4CCC(c5ccc(OCCCCCCCCOC(=O)C=C)cc5)CC4)c4cc(-c5ccc(F)cc5)sc34)CC2)cc1. The quantitative estimate of drug-likeness (QED) is 0.0234. The first-order chi connectivity index (χ1) is 40.2. The molecule has 0 saturated heterocycles. The predicted octanol–water partition coefficient (Wildman–Crippen LogP) is 19.3. The summed E-state index contributed by atoms with van der Waals surface area (Å²) < 4.78 is 67.2. The number of halogens is 2. The van der Waals surface area contributed by atoms with Crippen molar-refractivity contribution < 1.29 is 46.8 Å². The lowest BCUT2D eigenvalue weighted by atomic mass is 9.79. The van der Waals surface area contributed by atoms with Crippen molar-refractivity contribution >= 4 is 54.8 Å². The van der Waals surface area contributed by atoms with Gasteiger partial charge in [0.25, 0.3) is 0 Å². The van der Waals surface area contributed by atoms with Gasteiger partial charge in [-0.2, -0.15) is 0 Å². The molecule has 0 spiro atoms. The highest BCUT2D eigenvalue weighted by atomic mass is 32.1. The van der Waals surface area contributed by atoms with Crippen LogP contribution < -0.4 is 18.9 Å². The molecular weight excluding hydrogens is 1070 g/mol. The first-order valence-corrected chi connectivity index (χ1v) is 31.7. The van der Waals surface area contributed by atoms with Crippen LogP contribution in [0.4, 0.5) is 8.78 Å². The Morgan fingerprint density at radius 1 is 0.439 bits per heavy atom. The number of carbonyl (C=O) groups is 2. The highest BCUT2D eigenvalue weighted by Gasteiger charge is 2.28. The van der Waals surface area contributed by atoms with Crippen LogP contribution >= 0.6 is 22.7 Å². The summed E-state index contributed by atoms with van der Waals surface area (Å²) in [7, 11) is 0. The summed E-state index contributed by atoms with van der Waals surface area (Å²) in [6.07, 6.45) is 23.7. The molecule has 8 nitrogen and oxygen atoms in total. The fourth-order valence-electron chi connectivity index (χ4n) is 11.6. The van der Waals surface area contributed by atoms with E-state index in [0.29, 0.717) is 63.3 Å².